The van der Waals surface area contributed by atoms with Gasteiger partial charge in [-0.2, -0.15) is 0 Å². The molecule has 0 aliphatic heterocycles. The van der Waals surface area contributed by atoms with Gasteiger partial charge in [0.25, 0.3) is 0 Å². The van der Waals surface area contributed by atoms with Crippen LogP contribution in [0.1, 0.15) is 16.8 Å². The number of hydrogen-bond donors (Lipinski definition) is 1. The van der Waals surface area contributed by atoms with Crippen molar-refractivity contribution >= 4 is 27.7 Å². The van der Waals surface area contributed by atoms with Gasteiger partial charge in [-0.25, -0.2) is 19.2 Å². The molecule has 2 heterocycles. The molecule has 0 unspecified atom stereocenters. The van der Waals surface area contributed by atoms with Gasteiger partial charge in [-0.15, -0.1) is 0 Å². The van der Waals surface area contributed by atoms with E-state index in [1.807, 2.05) is 30.3 Å². The highest BCUT2D eigenvalue weighted by Crippen LogP contribution is 2.45. The molecule has 0 spiro atoms. The van der Waals surface area contributed by atoms with Crippen LogP contribution in [0.25, 0.3) is 20.9 Å². The van der Waals surface area contributed by atoms with Gasteiger partial charge in [0, 0.05) is 5.56 Å². The average molecular weight is 432 g/mol. The lowest BCUT2D eigenvalue weighted by Crippen LogP contribution is -2.12. The minimum absolute atomic E-state index is 0.0306. The summed E-state index contributed by atoms with van der Waals surface area (Å²) < 4.78 is 19.7. The molecule has 154 valence electrons. The topological polar surface area (TPSA) is 72.3 Å². The maximum absolute atomic E-state index is 14.7. The molecule has 0 saturated carbocycles. The van der Waals surface area contributed by atoms with E-state index in [1.165, 1.54) is 23.0 Å². The van der Waals surface area contributed by atoms with Crippen LogP contribution in [0.4, 0.5) is 4.39 Å². The predicted molar refractivity (Wildman–Crippen MR) is 116 cm³/mol. The summed E-state index contributed by atoms with van der Waals surface area (Å²) in [6.45, 7) is -0.391. The van der Waals surface area contributed by atoms with Crippen LogP contribution in [0, 0.1) is 5.82 Å². The summed E-state index contributed by atoms with van der Waals surface area (Å²) in [4.78, 5) is 20.7. The fourth-order valence-corrected chi connectivity index (χ4v) is 4.51. The zero-order valence-corrected chi connectivity index (χ0v) is 17.1. The molecule has 5 rings (SSSR count). The maximum Gasteiger partial charge on any atom is 0.329 e. The minimum atomic E-state index is -1.06. The van der Waals surface area contributed by atoms with Crippen molar-refractivity contribution in [3.8, 4) is 10.6 Å². The van der Waals surface area contributed by atoms with E-state index in [-0.39, 0.29) is 12.0 Å². The van der Waals surface area contributed by atoms with Crippen LogP contribution in [0.3, 0.4) is 0 Å². The first kappa shape index (κ1) is 19.5. The van der Waals surface area contributed by atoms with Gasteiger partial charge >= 0.3 is 5.97 Å². The van der Waals surface area contributed by atoms with Crippen LogP contribution in [0.15, 0.2) is 72.8 Å². The third-order valence-corrected chi connectivity index (χ3v) is 6.19. The Morgan fingerprint density at radius 3 is 2.58 bits per heavy atom. The molecule has 2 aromatic heterocycles. The van der Waals surface area contributed by atoms with Crippen LogP contribution in [-0.4, -0.2) is 27.7 Å². The molecular weight excluding hydrogens is 415 g/mol. The highest BCUT2D eigenvalue weighted by atomic mass is 32.1. The van der Waals surface area contributed by atoms with Crippen molar-refractivity contribution in [3.05, 3.63) is 95.5 Å². The Kier molecular flexibility index (Phi) is 4.84. The van der Waals surface area contributed by atoms with Crippen LogP contribution >= 0.6 is 11.3 Å². The molecule has 0 fully saturated rings. The number of nitrogens with zero attached hydrogens (tertiary/aromatic N) is 2. The Balaban J connectivity index is 1.43. The SMILES string of the molecule is O=C(O)COCc1ccc(-c2nc3ccc(C4(c5ccccc5)C=C4)nc3s2)c(F)c1. The molecule has 0 amide bonds. The molecule has 1 N–H and O–H groups in total. The number of carbonyl (C=O) groups is 1. The molecule has 4 aromatic rings. The number of carboxylic acids is 1. The van der Waals surface area contributed by atoms with E-state index in [0.29, 0.717) is 16.1 Å². The zero-order chi connectivity index (χ0) is 21.4. The van der Waals surface area contributed by atoms with Crippen LogP contribution < -0.4 is 0 Å². The molecule has 0 saturated heterocycles. The Labute approximate surface area is 181 Å². The Bertz CT molecular complexity index is 1310. The Hall–Kier alpha value is -3.42. The van der Waals surface area contributed by atoms with Crippen LogP contribution in [0.5, 0.6) is 0 Å². The molecule has 2 aromatic carbocycles. The van der Waals surface area contributed by atoms with Crippen molar-refractivity contribution in [2.24, 2.45) is 0 Å². The summed E-state index contributed by atoms with van der Waals surface area (Å²) in [5.74, 6) is -1.49. The number of thiazole rings is 1. The van der Waals surface area contributed by atoms with Gasteiger partial charge in [0.1, 0.15) is 27.8 Å². The first-order chi connectivity index (χ1) is 15.0. The number of fused-ring (bicyclic) bond motifs is 1. The lowest BCUT2D eigenvalue weighted by molar-refractivity contribution is -0.142. The van der Waals surface area contributed by atoms with E-state index >= 15 is 0 Å². The van der Waals surface area contributed by atoms with Gasteiger partial charge < -0.3 is 9.84 Å². The van der Waals surface area contributed by atoms with E-state index < -0.39 is 18.4 Å². The number of benzene rings is 2. The molecule has 7 heteroatoms. The van der Waals surface area contributed by atoms with Crippen molar-refractivity contribution in [1.82, 2.24) is 9.97 Å². The number of ether oxygens (including phenoxy) is 1. The maximum atomic E-state index is 14.7. The van der Waals surface area contributed by atoms with Crippen LogP contribution in [-0.2, 0) is 21.6 Å². The van der Waals surface area contributed by atoms with E-state index in [0.717, 1.165) is 16.0 Å². The van der Waals surface area contributed by atoms with E-state index in [9.17, 15) is 9.18 Å². The highest BCUT2D eigenvalue weighted by Gasteiger charge is 2.39. The number of pyridine rings is 1. The summed E-state index contributed by atoms with van der Waals surface area (Å²) in [6, 6.07) is 18.8. The van der Waals surface area contributed by atoms with Crippen molar-refractivity contribution in [2.75, 3.05) is 6.61 Å². The van der Waals surface area contributed by atoms with Gasteiger partial charge in [-0.1, -0.05) is 59.9 Å². The molecule has 0 bridgehead atoms. The lowest BCUT2D eigenvalue weighted by Gasteiger charge is -2.15. The molecule has 5 nitrogen and oxygen atoms in total. The number of carboxylic acid groups (broad SMARTS) is 1. The van der Waals surface area contributed by atoms with Gasteiger partial charge in [0.05, 0.1) is 17.7 Å². The number of hydrogen-bond acceptors (Lipinski definition) is 5. The largest absolute Gasteiger partial charge is 0.480 e. The van der Waals surface area contributed by atoms with E-state index in [1.54, 1.807) is 12.1 Å². The summed E-state index contributed by atoms with van der Waals surface area (Å²) >= 11 is 1.35. The fourth-order valence-electron chi connectivity index (χ4n) is 3.55. The van der Waals surface area contributed by atoms with Crippen LogP contribution in [0.2, 0.25) is 0 Å². The standard InChI is InChI=1S/C24H17FN2O3S/c25-18-12-15(13-30-14-21(28)29)6-7-17(18)22-26-19-8-9-20(27-23(19)31-22)24(10-11-24)16-4-2-1-3-5-16/h1-12H,13-14H2,(H,28,29). The highest BCUT2D eigenvalue weighted by molar-refractivity contribution is 7.21. The second kappa shape index (κ2) is 7.68. The summed E-state index contributed by atoms with van der Waals surface area (Å²) in [5.41, 5.74) is 3.48. The van der Waals surface area contributed by atoms with Gasteiger partial charge in [-0.05, 0) is 35.4 Å². The smallest absolute Gasteiger partial charge is 0.329 e. The lowest BCUT2D eigenvalue weighted by atomic mass is 9.89. The van der Waals surface area contributed by atoms with Gasteiger partial charge in [-0.3, -0.25) is 0 Å². The Morgan fingerprint density at radius 1 is 1.06 bits per heavy atom. The number of rotatable bonds is 7. The molecule has 0 atom stereocenters. The third kappa shape index (κ3) is 3.73. The number of allylic oxidation sites excluding steroid dienone is 2. The summed E-state index contributed by atoms with van der Waals surface area (Å²) in [7, 11) is 0. The van der Waals surface area contributed by atoms with E-state index in [2.05, 4.69) is 29.3 Å². The Morgan fingerprint density at radius 2 is 1.87 bits per heavy atom. The number of aromatic nitrogens is 2. The number of aliphatic carboxylic acids is 1. The van der Waals surface area contributed by atoms with Gasteiger partial charge in [0.15, 0.2) is 0 Å². The van der Waals surface area contributed by atoms with Crippen molar-refractivity contribution in [3.63, 3.8) is 0 Å². The molecule has 31 heavy (non-hydrogen) atoms. The quantitative estimate of drug-likeness (QED) is 0.418. The fraction of sp³-hybridized carbons (Fsp3) is 0.125. The normalized spacial score (nSPS) is 14.1. The summed E-state index contributed by atoms with van der Waals surface area (Å²) in [6.07, 6.45) is 4.26. The van der Waals surface area contributed by atoms with Crippen molar-refractivity contribution in [2.45, 2.75) is 12.0 Å². The van der Waals surface area contributed by atoms with Crippen molar-refractivity contribution in [1.29, 1.82) is 0 Å². The first-order valence-corrected chi connectivity index (χ1v) is 10.5. The van der Waals surface area contributed by atoms with Gasteiger partial charge in [0.2, 0.25) is 0 Å². The average Bonchev–Trinajstić information content (AvgIpc) is 3.47. The first-order valence-electron chi connectivity index (χ1n) is 9.67. The monoisotopic (exact) mass is 432 g/mol. The second-order valence-electron chi connectivity index (χ2n) is 7.31. The molecule has 1 aliphatic rings. The number of halogens is 1. The van der Waals surface area contributed by atoms with Crippen molar-refractivity contribution < 1.29 is 19.0 Å². The molecular formula is C24H17FN2O3S. The second-order valence-corrected chi connectivity index (χ2v) is 8.29. The predicted octanol–water partition coefficient (Wildman–Crippen LogP) is 4.95. The third-order valence-electron chi connectivity index (χ3n) is 5.19. The molecule has 0 radical (unpaired) electrons. The van der Waals surface area contributed by atoms with E-state index in [4.69, 9.17) is 14.8 Å². The minimum Gasteiger partial charge on any atom is -0.480 e. The molecule has 1 aliphatic carbocycles. The zero-order valence-electron chi connectivity index (χ0n) is 16.3. The summed E-state index contributed by atoms with van der Waals surface area (Å²) in [5, 5.41) is 9.18.